The summed E-state index contributed by atoms with van der Waals surface area (Å²) in [6, 6.07) is -1.82. The molecule has 6 nitrogen and oxygen atoms in total. The standard InChI is InChI=1S/C10H15ClF3N5O/c1-5(10(12,13)14)15-7-16-6(11)17-8(18-7)19-20-9(2,3)4/h5H,1-4H3,(H2,15,16,17,18,19)/t5-/m1/s1. The minimum atomic E-state index is -4.42. The Balaban J connectivity index is 2.81. The van der Waals surface area contributed by atoms with Gasteiger partial charge in [-0.05, 0) is 39.3 Å². The molecule has 0 saturated heterocycles. The first-order chi connectivity index (χ1) is 8.97. The molecule has 1 atom stereocenters. The van der Waals surface area contributed by atoms with E-state index in [1.54, 1.807) is 20.8 Å². The van der Waals surface area contributed by atoms with Gasteiger partial charge in [-0.1, -0.05) is 0 Å². The Hall–Kier alpha value is -1.35. The lowest BCUT2D eigenvalue weighted by Crippen LogP contribution is -2.34. The number of hydrogen-bond acceptors (Lipinski definition) is 6. The van der Waals surface area contributed by atoms with E-state index in [-0.39, 0.29) is 17.2 Å². The summed E-state index contributed by atoms with van der Waals surface area (Å²) in [4.78, 5) is 16.2. The molecule has 1 heterocycles. The van der Waals surface area contributed by atoms with E-state index in [2.05, 4.69) is 25.7 Å². The first-order valence-electron chi connectivity index (χ1n) is 5.66. The average molecular weight is 314 g/mol. The van der Waals surface area contributed by atoms with Gasteiger partial charge in [-0.2, -0.15) is 28.1 Å². The molecule has 0 radical (unpaired) electrons. The Labute approximate surface area is 119 Å². The SMILES string of the molecule is C[C@@H](Nc1nc(Cl)nc(NOC(C)(C)C)n1)C(F)(F)F. The van der Waals surface area contributed by atoms with Crippen molar-refractivity contribution in [2.24, 2.45) is 0 Å². The molecule has 0 aliphatic heterocycles. The second-order valence-electron chi connectivity index (χ2n) is 4.98. The predicted molar refractivity (Wildman–Crippen MR) is 68.4 cm³/mol. The smallest absolute Gasteiger partial charge is 0.343 e. The summed E-state index contributed by atoms with van der Waals surface area (Å²) in [6.45, 7) is 6.26. The van der Waals surface area contributed by atoms with Crippen LogP contribution in [0, 0.1) is 0 Å². The number of nitrogens with one attached hydrogen (secondary N) is 2. The normalized spacial score (nSPS) is 14.0. The molecule has 1 aromatic heterocycles. The zero-order valence-corrected chi connectivity index (χ0v) is 12.1. The van der Waals surface area contributed by atoms with E-state index < -0.39 is 17.8 Å². The fourth-order valence-corrected chi connectivity index (χ4v) is 1.09. The maximum absolute atomic E-state index is 12.4. The Morgan fingerprint density at radius 1 is 1.10 bits per heavy atom. The van der Waals surface area contributed by atoms with Crippen LogP contribution >= 0.6 is 11.6 Å². The number of nitrogens with zero attached hydrogens (tertiary/aromatic N) is 3. The summed E-state index contributed by atoms with van der Waals surface area (Å²) in [5.41, 5.74) is 1.87. The molecule has 0 bridgehead atoms. The molecule has 1 aromatic rings. The van der Waals surface area contributed by atoms with Crippen LogP contribution in [0.2, 0.25) is 5.28 Å². The Morgan fingerprint density at radius 3 is 2.15 bits per heavy atom. The van der Waals surface area contributed by atoms with E-state index >= 15 is 0 Å². The third-order valence-electron chi connectivity index (χ3n) is 1.89. The highest BCUT2D eigenvalue weighted by Gasteiger charge is 2.36. The first-order valence-corrected chi connectivity index (χ1v) is 6.04. The van der Waals surface area contributed by atoms with Gasteiger partial charge in [0.1, 0.15) is 6.04 Å². The molecule has 0 fully saturated rings. The molecule has 20 heavy (non-hydrogen) atoms. The second kappa shape index (κ2) is 5.96. The van der Waals surface area contributed by atoms with Crippen LogP contribution in [0.1, 0.15) is 27.7 Å². The second-order valence-corrected chi connectivity index (χ2v) is 5.31. The highest BCUT2D eigenvalue weighted by atomic mass is 35.5. The molecule has 0 amide bonds. The van der Waals surface area contributed by atoms with Gasteiger partial charge < -0.3 is 5.32 Å². The number of anilines is 2. The third-order valence-corrected chi connectivity index (χ3v) is 2.06. The summed E-state index contributed by atoms with van der Waals surface area (Å²) < 4.78 is 37.3. The van der Waals surface area contributed by atoms with Gasteiger partial charge >= 0.3 is 6.18 Å². The Morgan fingerprint density at radius 2 is 1.65 bits per heavy atom. The van der Waals surface area contributed by atoms with Crippen LogP contribution in [-0.4, -0.2) is 32.8 Å². The molecule has 10 heteroatoms. The first kappa shape index (κ1) is 16.7. The van der Waals surface area contributed by atoms with E-state index in [4.69, 9.17) is 16.4 Å². The van der Waals surface area contributed by atoms with Crippen LogP contribution in [0.5, 0.6) is 0 Å². The van der Waals surface area contributed by atoms with Gasteiger partial charge in [-0.25, -0.2) is 5.48 Å². The van der Waals surface area contributed by atoms with E-state index in [1.807, 2.05) is 0 Å². The third kappa shape index (κ3) is 5.74. The molecule has 0 aliphatic carbocycles. The fourth-order valence-electron chi connectivity index (χ4n) is 0.934. The van der Waals surface area contributed by atoms with Crippen molar-refractivity contribution in [2.75, 3.05) is 10.8 Å². The Kier molecular flexibility index (Phi) is 4.98. The fraction of sp³-hybridized carbons (Fsp3) is 0.700. The molecule has 0 spiro atoms. The molecular weight excluding hydrogens is 299 g/mol. The molecule has 114 valence electrons. The van der Waals surface area contributed by atoms with Crippen LogP contribution in [0.25, 0.3) is 0 Å². The number of alkyl halides is 3. The van der Waals surface area contributed by atoms with Crippen molar-refractivity contribution in [3.05, 3.63) is 5.28 Å². The van der Waals surface area contributed by atoms with Crippen LogP contribution in [0.4, 0.5) is 25.1 Å². The summed E-state index contributed by atoms with van der Waals surface area (Å²) in [5.74, 6) is -0.383. The van der Waals surface area contributed by atoms with Crippen LogP contribution in [0.15, 0.2) is 0 Å². The van der Waals surface area contributed by atoms with Gasteiger partial charge in [-0.3, -0.25) is 4.84 Å². The van der Waals surface area contributed by atoms with Gasteiger partial charge in [0, 0.05) is 0 Å². The van der Waals surface area contributed by atoms with Crippen molar-refractivity contribution >= 4 is 23.5 Å². The van der Waals surface area contributed by atoms with Crippen molar-refractivity contribution in [2.45, 2.75) is 45.5 Å². The molecular formula is C10H15ClF3N5O. The number of aromatic nitrogens is 3. The van der Waals surface area contributed by atoms with Crippen molar-refractivity contribution in [1.29, 1.82) is 0 Å². The van der Waals surface area contributed by atoms with Gasteiger partial charge in [0.05, 0.1) is 5.60 Å². The lowest BCUT2D eigenvalue weighted by molar-refractivity contribution is -0.138. The zero-order chi connectivity index (χ0) is 15.6. The molecule has 0 aliphatic rings. The largest absolute Gasteiger partial charge is 0.408 e. The maximum atomic E-state index is 12.4. The monoisotopic (exact) mass is 313 g/mol. The zero-order valence-electron chi connectivity index (χ0n) is 11.3. The highest BCUT2D eigenvalue weighted by molar-refractivity contribution is 6.28. The number of hydrogen-bond donors (Lipinski definition) is 2. The van der Waals surface area contributed by atoms with E-state index in [9.17, 15) is 13.2 Å². The molecule has 0 saturated carbocycles. The van der Waals surface area contributed by atoms with E-state index in [0.717, 1.165) is 6.92 Å². The molecule has 1 rings (SSSR count). The highest BCUT2D eigenvalue weighted by Crippen LogP contribution is 2.22. The van der Waals surface area contributed by atoms with Gasteiger partial charge in [-0.15, -0.1) is 0 Å². The number of rotatable bonds is 4. The minimum absolute atomic E-state index is 0.0863. The minimum Gasteiger partial charge on any atom is -0.343 e. The van der Waals surface area contributed by atoms with Crippen molar-refractivity contribution in [3.63, 3.8) is 0 Å². The lowest BCUT2D eigenvalue weighted by Gasteiger charge is -2.20. The predicted octanol–water partition coefficient (Wildman–Crippen LogP) is 3.03. The topological polar surface area (TPSA) is 72.0 Å². The van der Waals surface area contributed by atoms with Crippen LogP contribution < -0.4 is 10.8 Å². The van der Waals surface area contributed by atoms with Gasteiger partial charge in [0.15, 0.2) is 0 Å². The maximum Gasteiger partial charge on any atom is 0.408 e. The van der Waals surface area contributed by atoms with Crippen LogP contribution in [-0.2, 0) is 4.84 Å². The number of halogens is 4. The summed E-state index contributed by atoms with van der Waals surface area (Å²) in [6.07, 6.45) is -4.42. The average Bonchev–Trinajstić information content (AvgIpc) is 2.23. The van der Waals surface area contributed by atoms with Crippen molar-refractivity contribution in [3.8, 4) is 0 Å². The van der Waals surface area contributed by atoms with Gasteiger partial charge in [0.25, 0.3) is 5.95 Å². The molecule has 0 unspecified atom stereocenters. The van der Waals surface area contributed by atoms with Crippen molar-refractivity contribution in [1.82, 2.24) is 15.0 Å². The summed E-state index contributed by atoms with van der Waals surface area (Å²) in [5, 5.41) is 1.84. The lowest BCUT2D eigenvalue weighted by atomic mass is 10.2. The van der Waals surface area contributed by atoms with E-state index in [1.165, 1.54) is 0 Å². The summed E-state index contributed by atoms with van der Waals surface area (Å²) in [7, 11) is 0. The summed E-state index contributed by atoms with van der Waals surface area (Å²) >= 11 is 5.62. The van der Waals surface area contributed by atoms with Crippen molar-refractivity contribution < 1.29 is 18.0 Å². The Bertz CT molecular complexity index is 463. The molecule has 2 N–H and O–H groups in total. The molecule has 0 aromatic carbocycles. The van der Waals surface area contributed by atoms with Gasteiger partial charge in [0.2, 0.25) is 11.2 Å². The van der Waals surface area contributed by atoms with E-state index in [0.29, 0.717) is 0 Å². The van der Waals surface area contributed by atoms with Crippen LogP contribution in [0.3, 0.4) is 0 Å². The quantitative estimate of drug-likeness (QED) is 0.833.